The molecule has 2 nitrogen and oxygen atoms in total. The van der Waals surface area contributed by atoms with Crippen molar-refractivity contribution in [1.29, 1.82) is 0 Å². The lowest BCUT2D eigenvalue weighted by Crippen LogP contribution is -2.15. The molecule has 0 heterocycles. The SMILES string of the molecule is O=C(Nc1cccc(F)c1F)c1cc(Br)ccc1F. The number of halogens is 4. The maximum Gasteiger partial charge on any atom is 0.258 e. The molecular formula is C13H7BrF3NO. The number of amides is 1. The Morgan fingerprint density at radius 3 is 2.53 bits per heavy atom. The van der Waals surface area contributed by atoms with Crippen molar-refractivity contribution in [3.05, 3.63) is 63.9 Å². The third kappa shape index (κ3) is 2.96. The fraction of sp³-hybridized carbons (Fsp3) is 0. The lowest BCUT2D eigenvalue weighted by Gasteiger charge is -2.07. The van der Waals surface area contributed by atoms with Gasteiger partial charge in [0.15, 0.2) is 11.6 Å². The molecule has 0 aromatic heterocycles. The van der Waals surface area contributed by atoms with E-state index >= 15 is 0 Å². The minimum atomic E-state index is -1.19. The van der Waals surface area contributed by atoms with E-state index in [2.05, 4.69) is 21.2 Å². The molecule has 0 saturated carbocycles. The van der Waals surface area contributed by atoms with Gasteiger partial charge in [0.1, 0.15) is 5.82 Å². The predicted molar refractivity (Wildman–Crippen MR) is 68.4 cm³/mol. The van der Waals surface area contributed by atoms with Gasteiger partial charge in [0.25, 0.3) is 5.91 Å². The van der Waals surface area contributed by atoms with Crippen LogP contribution < -0.4 is 5.32 Å². The van der Waals surface area contributed by atoms with Crippen LogP contribution in [0.15, 0.2) is 40.9 Å². The first kappa shape index (κ1) is 13.6. The topological polar surface area (TPSA) is 29.1 Å². The number of hydrogen-bond donors (Lipinski definition) is 1. The lowest BCUT2D eigenvalue weighted by molar-refractivity contribution is 0.102. The van der Waals surface area contributed by atoms with Gasteiger partial charge >= 0.3 is 0 Å². The van der Waals surface area contributed by atoms with E-state index in [1.165, 1.54) is 24.3 Å². The Labute approximate surface area is 115 Å². The number of nitrogens with one attached hydrogen (secondary N) is 1. The van der Waals surface area contributed by atoms with Crippen LogP contribution in [0.3, 0.4) is 0 Å². The van der Waals surface area contributed by atoms with E-state index in [0.29, 0.717) is 4.47 Å². The van der Waals surface area contributed by atoms with Crippen molar-refractivity contribution in [3.8, 4) is 0 Å². The molecule has 0 spiro atoms. The summed E-state index contributed by atoms with van der Waals surface area (Å²) >= 11 is 3.10. The van der Waals surface area contributed by atoms with Crippen LogP contribution in [-0.2, 0) is 0 Å². The molecule has 1 N–H and O–H groups in total. The molecule has 0 unspecified atom stereocenters. The predicted octanol–water partition coefficient (Wildman–Crippen LogP) is 4.12. The van der Waals surface area contributed by atoms with Crippen LogP contribution >= 0.6 is 15.9 Å². The maximum atomic E-state index is 13.5. The molecule has 98 valence electrons. The summed E-state index contributed by atoms with van der Waals surface area (Å²) < 4.78 is 40.3. The van der Waals surface area contributed by atoms with Gasteiger partial charge in [-0.1, -0.05) is 22.0 Å². The number of anilines is 1. The largest absolute Gasteiger partial charge is 0.319 e. The van der Waals surface area contributed by atoms with Crippen molar-refractivity contribution in [3.63, 3.8) is 0 Å². The third-order valence-electron chi connectivity index (χ3n) is 2.37. The smallest absolute Gasteiger partial charge is 0.258 e. The zero-order chi connectivity index (χ0) is 14.0. The van der Waals surface area contributed by atoms with Crippen LogP contribution in [0, 0.1) is 17.5 Å². The summed E-state index contributed by atoms with van der Waals surface area (Å²) in [4.78, 5) is 11.8. The molecule has 0 radical (unpaired) electrons. The number of hydrogen-bond acceptors (Lipinski definition) is 1. The van der Waals surface area contributed by atoms with E-state index in [1.54, 1.807) is 0 Å². The highest BCUT2D eigenvalue weighted by atomic mass is 79.9. The molecule has 0 aliphatic heterocycles. The van der Waals surface area contributed by atoms with Gasteiger partial charge in [-0.25, -0.2) is 13.2 Å². The molecular weight excluding hydrogens is 323 g/mol. The average Bonchev–Trinajstić information content (AvgIpc) is 2.38. The van der Waals surface area contributed by atoms with E-state index in [1.807, 2.05) is 0 Å². The maximum absolute atomic E-state index is 13.5. The normalized spacial score (nSPS) is 10.3. The van der Waals surface area contributed by atoms with Crippen molar-refractivity contribution >= 4 is 27.5 Å². The summed E-state index contributed by atoms with van der Waals surface area (Å²) in [6.07, 6.45) is 0. The second-order valence-corrected chi connectivity index (χ2v) is 4.60. The van der Waals surface area contributed by atoms with Crippen LogP contribution in [-0.4, -0.2) is 5.91 Å². The van der Waals surface area contributed by atoms with Crippen molar-refractivity contribution in [1.82, 2.24) is 0 Å². The van der Waals surface area contributed by atoms with E-state index in [-0.39, 0.29) is 11.3 Å². The highest BCUT2D eigenvalue weighted by Gasteiger charge is 2.15. The van der Waals surface area contributed by atoms with Crippen LogP contribution in [0.4, 0.5) is 18.9 Å². The molecule has 2 rings (SSSR count). The van der Waals surface area contributed by atoms with Crippen LogP contribution in [0.25, 0.3) is 0 Å². The van der Waals surface area contributed by atoms with Crippen LogP contribution in [0.2, 0.25) is 0 Å². The van der Waals surface area contributed by atoms with E-state index in [9.17, 15) is 18.0 Å². The highest BCUT2D eigenvalue weighted by molar-refractivity contribution is 9.10. The molecule has 6 heteroatoms. The third-order valence-corrected chi connectivity index (χ3v) is 2.87. The van der Waals surface area contributed by atoms with E-state index in [4.69, 9.17) is 0 Å². The van der Waals surface area contributed by atoms with Crippen molar-refractivity contribution in [2.75, 3.05) is 5.32 Å². The summed E-state index contributed by atoms with van der Waals surface area (Å²) in [6.45, 7) is 0. The summed E-state index contributed by atoms with van der Waals surface area (Å²) in [5.74, 6) is -3.89. The van der Waals surface area contributed by atoms with Gasteiger partial charge < -0.3 is 5.32 Å². The molecule has 1 amide bonds. The summed E-state index contributed by atoms with van der Waals surface area (Å²) in [5, 5.41) is 2.12. The van der Waals surface area contributed by atoms with Crippen molar-refractivity contribution < 1.29 is 18.0 Å². The Balaban J connectivity index is 2.31. The van der Waals surface area contributed by atoms with Gasteiger partial charge in [-0.2, -0.15) is 0 Å². The first-order valence-electron chi connectivity index (χ1n) is 5.19. The van der Waals surface area contributed by atoms with Crippen LogP contribution in [0.1, 0.15) is 10.4 Å². The monoisotopic (exact) mass is 329 g/mol. The standard InChI is InChI=1S/C13H7BrF3NO/c14-7-4-5-9(15)8(6-7)13(19)18-11-3-1-2-10(16)12(11)17/h1-6H,(H,18,19). The van der Waals surface area contributed by atoms with E-state index < -0.39 is 23.4 Å². The molecule has 2 aromatic rings. The van der Waals surface area contributed by atoms with Crippen LogP contribution in [0.5, 0.6) is 0 Å². The zero-order valence-electron chi connectivity index (χ0n) is 9.38. The second-order valence-electron chi connectivity index (χ2n) is 3.68. The first-order chi connectivity index (χ1) is 8.99. The summed E-state index contributed by atoms with van der Waals surface area (Å²) in [5.41, 5.74) is -0.609. The Morgan fingerprint density at radius 2 is 1.79 bits per heavy atom. The number of carbonyl (C=O) groups is 1. The first-order valence-corrected chi connectivity index (χ1v) is 5.99. The molecule has 0 fully saturated rings. The van der Waals surface area contributed by atoms with Crippen molar-refractivity contribution in [2.45, 2.75) is 0 Å². The minimum absolute atomic E-state index is 0.266. The fourth-order valence-electron chi connectivity index (χ4n) is 1.46. The van der Waals surface area contributed by atoms with Gasteiger partial charge in [-0.05, 0) is 30.3 Å². The highest BCUT2D eigenvalue weighted by Crippen LogP contribution is 2.20. The molecule has 0 saturated heterocycles. The van der Waals surface area contributed by atoms with Gasteiger partial charge in [0.05, 0.1) is 11.3 Å². The lowest BCUT2D eigenvalue weighted by atomic mass is 10.2. The van der Waals surface area contributed by atoms with Crippen molar-refractivity contribution in [2.24, 2.45) is 0 Å². The number of benzene rings is 2. The van der Waals surface area contributed by atoms with Gasteiger partial charge in [-0.15, -0.1) is 0 Å². The molecule has 19 heavy (non-hydrogen) atoms. The second kappa shape index (κ2) is 5.44. The Hall–Kier alpha value is -1.82. The average molecular weight is 330 g/mol. The van der Waals surface area contributed by atoms with Gasteiger partial charge in [0, 0.05) is 4.47 Å². The van der Waals surface area contributed by atoms with E-state index in [0.717, 1.165) is 12.1 Å². The molecule has 0 atom stereocenters. The zero-order valence-corrected chi connectivity index (χ0v) is 11.0. The Bertz CT molecular complexity index is 646. The fourth-order valence-corrected chi connectivity index (χ4v) is 1.82. The number of carbonyl (C=O) groups excluding carboxylic acids is 1. The van der Waals surface area contributed by atoms with Gasteiger partial charge in [0.2, 0.25) is 0 Å². The Kier molecular flexibility index (Phi) is 3.90. The van der Waals surface area contributed by atoms with Gasteiger partial charge in [-0.3, -0.25) is 4.79 Å². The molecule has 2 aromatic carbocycles. The molecule has 0 aliphatic carbocycles. The molecule has 0 aliphatic rings. The molecule has 0 bridgehead atoms. The number of rotatable bonds is 2. The quantitative estimate of drug-likeness (QED) is 0.882. The summed E-state index contributed by atoms with van der Waals surface area (Å²) in [6, 6.07) is 7.12. The summed E-state index contributed by atoms with van der Waals surface area (Å²) in [7, 11) is 0. The minimum Gasteiger partial charge on any atom is -0.319 e. The Morgan fingerprint density at radius 1 is 1.05 bits per heavy atom.